The van der Waals surface area contributed by atoms with Gasteiger partial charge in [-0.25, -0.2) is 8.42 Å². The molecule has 23 heavy (non-hydrogen) atoms. The van der Waals surface area contributed by atoms with Crippen LogP contribution in [0.1, 0.15) is 23.4 Å². The third-order valence-corrected chi connectivity index (χ3v) is 6.05. The molecule has 1 atom stereocenters. The van der Waals surface area contributed by atoms with Gasteiger partial charge in [0.2, 0.25) is 11.8 Å². The molecule has 120 valence electrons. The number of nitrogens with zero attached hydrogens (tertiary/aromatic N) is 2. The minimum Gasteiger partial charge on any atom is -0.424 e. The second-order valence-corrected chi connectivity index (χ2v) is 7.84. The largest absolute Gasteiger partial charge is 0.424 e. The first-order valence-corrected chi connectivity index (χ1v) is 9.30. The predicted octanol–water partition coefficient (Wildman–Crippen LogP) is 2.70. The summed E-state index contributed by atoms with van der Waals surface area (Å²) in [5, 5.41) is 9.48. The number of sulfonamides is 1. The Kier molecular flexibility index (Phi) is 4.56. The van der Waals surface area contributed by atoms with Crippen LogP contribution in [0.15, 0.2) is 56.5 Å². The highest BCUT2D eigenvalue weighted by atomic mass is 32.2. The number of aromatic nitrogens is 2. The number of aryl methyl sites for hydroxylation is 1. The Morgan fingerprint density at radius 2 is 1.96 bits per heavy atom. The van der Waals surface area contributed by atoms with Crippen molar-refractivity contribution in [1.82, 2.24) is 14.9 Å². The minimum atomic E-state index is -3.63. The summed E-state index contributed by atoms with van der Waals surface area (Å²) in [7, 11) is -3.63. The molecule has 0 bridgehead atoms. The minimum absolute atomic E-state index is 0.256. The maximum Gasteiger partial charge on any atom is 0.250 e. The topological polar surface area (TPSA) is 85.1 Å². The monoisotopic (exact) mass is 349 g/mol. The number of rotatable bonds is 6. The van der Waals surface area contributed by atoms with E-state index in [1.807, 2.05) is 30.3 Å². The summed E-state index contributed by atoms with van der Waals surface area (Å²) in [5.41, 5.74) is 0.974. The fraction of sp³-hybridized carbons (Fsp3) is 0.200. The summed E-state index contributed by atoms with van der Waals surface area (Å²) in [5.74, 6) is 0.653. The van der Waals surface area contributed by atoms with Crippen molar-refractivity contribution in [3.05, 3.63) is 65.2 Å². The van der Waals surface area contributed by atoms with E-state index in [2.05, 4.69) is 14.9 Å². The highest BCUT2D eigenvalue weighted by Gasteiger charge is 2.26. The van der Waals surface area contributed by atoms with Crippen molar-refractivity contribution in [3.8, 4) is 0 Å². The third kappa shape index (κ3) is 3.84. The molecule has 3 aromatic rings. The third-order valence-electron chi connectivity index (χ3n) is 3.18. The van der Waals surface area contributed by atoms with Crippen LogP contribution in [0.5, 0.6) is 0 Å². The fourth-order valence-electron chi connectivity index (χ4n) is 2.14. The van der Waals surface area contributed by atoms with Gasteiger partial charge in [-0.1, -0.05) is 36.4 Å². The van der Waals surface area contributed by atoms with E-state index < -0.39 is 16.1 Å². The molecule has 2 aromatic heterocycles. The van der Waals surface area contributed by atoms with Gasteiger partial charge in [0, 0.05) is 6.92 Å². The van der Waals surface area contributed by atoms with E-state index in [1.165, 1.54) is 0 Å². The molecule has 1 N–H and O–H groups in total. The average molecular weight is 349 g/mol. The maximum atomic E-state index is 12.5. The molecule has 0 aliphatic heterocycles. The lowest BCUT2D eigenvalue weighted by Gasteiger charge is -2.15. The Morgan fingerprint density at radius 1 is 1.17 bits per heavy atom. The van der Waals surface area contributed by atoms with Gasteiger partial charge < -0.3 is 4.42 Å². The summed E-state index contributed by atoms with van der Waals surface area (Å²) < 4.78 is 33.3. The van der Waals surface area contributed by atoms with Gasteiger partial charge in [0.25, 0.3) is 10.0 Å². The molecule has 6 nitrogen and oxygen atoms in total. The lowest BCUT2D eigenvalue weighted by Crippen LogP contribution is -2.30. The Balaban J connectivity index is 1.89. The zero-order chi connectivity index (χ0) is 16.3. The van der Waals surface area contributed by atoms with Crippen LogP contribution in [0.4, 0.5) is 0 Å². The number of hydrogen-bond donors (Lipinski definition) is 1. The van der Waals surface area contributed by atoms with E-state index in [0.717, 1.165) is 16.9 Å². The smallest absolute Gasteiger partial charge is 0.250 e. The number of thiophene rings is 1. The van der Waals surface area contributed by atoms with E-state index in [9.17, 15) is 8.42 Å². The molecule has 0 amide bonds. The normalized spacial score (nSPS) is 13.1. The first-order chi connectivity index (χ1) is 11.0. The van der Waals surface area contributed by atoms with Gasteiger partial charge in [0.15, 0.2) is 0 Å². The summed E-state index contributed by atoms with van der Waals surface area (Å²) in [4.78, 5) is 0. The van der Waals surface area contributed by atoms with Gasteiger partial charge >= 0.3 is 0 Å². The van der Waals surface area contributed by atoms with Gasteiger partial charge in [-0.2, -0.15) is 4.72 Å². The Bertz CT molecular complexity index is 859. The maximum absolute atomic E-state index is 12.5. The van der Waals surface area contributed by atoms with Crippen molar-refractivity contribution < 1.29 is 12.8 Å². The summed E-state index contributed by atoms with van der Waals surface area (Å²) >= 11 is 1.16. The SMILES string of the molecule is Cc1nnc(C(Cc2ccccc2)NS(=O)(=O)c2cccs2)o1. The zero-order valence-electron chi connectivity index (χ0n) is 12.3. The second kappa shape index (κ2) is 6.61. The first-order valence-electron chi connectivity index (χ1n) is 6.94. The molecule has 8 heteroatoms. The zero-order valence-corrected chi connectivity index (χ0v) is 14.0. The molecule has 2 heterocycles. The van der Waals surface area contributed by atoms with E-state index in [4.69, 9.17) is 4.42 Å². The van der Waals surface area contributed by atoms with Gasteiger partial charge in [-0.05, 0) is 23.4 Å². The number of benzene rings is 1. The number of nitrogens with one attached hydrogen (secondary N) is 1. The summed E-state index contributed by atoms with van der Waals surface area (Å²) in [6.45, 7) is 1.67. The van der Waals surface area contributed by atoms with Crippen LogP contribution in [-0.4, -0.2) is 18.6 Å². The molecular weight excluding hydrogens is 334 g/mol. The van der Waals surface area contributed by atoms with Crippen LogP contribution in [0.3, 0.4) is 0 Å². The second-order valence-electron chi connectivity index (χ2n) is 4.96. The quantitative estimate of drug-likeness (QED) is 0.739. The van der Waals surface area contributed by atoms with E-state index >= 15 is 0 Å². The van der Waals surface area contributed by atoms with Crippen LogP contribution in [0.25, 0.3) is 0 Å². The Labute approximate surface area is 138 Å². The highest BCUT2D eigenvalue weighted by molar-refractivity contribution is 7.91. The van der Waals surface area contributed by atoms with Crippen molar-refractivity contribution in [2.45, 2.75) is 23.6 Å². The van der Waals surface area contributed by atoms with Crippen molar-refractivity contribution in [3.63, 3.8) is 0 Å². The van der Waals surface area contributed by atoms with Crippen LogP contribution in [-0.2, 0) is 16.4 Å². The molecule has 1 unspecified atom stereocenters. The van der Waals surface area contributed by atoms with Crippen LogP contribution in [0, 0.1) is 6.92 Å². The van der Waals surface area contributed by atoms with Crippen molar-refractivity contribution in [2.24, 2.45) is 0 Å². The lowest BCUT2D eigenvalue weighted by molar-refractivity contribution is 0.411. The predicted molar refractivity (Wildman–Crippen MR) is 86.6 cm³/mol. The van der Waals surface area contributed by atoms with Gasteiger partial charge in [-0.15, -0.1) is 21.5 Å². The molecule has 0 spiro atoms. The van der Waals surface area contributed by atoms with E-state index in [-0.39, 0.29) is 10.1 Å². The van der Waals surface area contributed by atoms with Crippen LogP contribution in [0.2, 0.25) is 0 Å². The first kappa shape index (κ1) is 15.9. The summed E-state index contributed by atoms with van der Waals surface area (Å²) in [6, 6.07) is 12.2. The molecule has 0 aliphatic rings. The lowest BCUT2D eigenvalue weighted by atomic mass is 10.1. The summed E-state index contributed by atoms with van der Waals surface area (Å²) in [6.07, 6.45) is 0.424. The Morgan fingerprint density at radius 3 is 2.57 bits per heavy atom. The molecule has 0 saturated carbocycles. The Hall–Kier alpha value is -2.03. The van der Waals surface area contributed by atoms with E-state index in [1.54, 1.807) is 24.4 Å². The average Bonchev–Trinajstić information content (AvgIpc) is 3.19. The standard InChI is InChI=1S/C15H15N3O3S2/c1-11-16-17-15(21-11)13(10-12-6-3-2-4-7-12)18-23(19,20)14-8-5-9-22-14/h2-9,13,18H,10H2,1H3. The molecule has 0 saturated heterocycles. The molecule has 0 radical (unpaired) electrons. The molecular formula is C15H15N3O3S2. The van der Waals surface area contributed by atoms with Crippen molar-refractivity contribution >= 4 is 21.4 Å². The van der Waals surface area contributed by atoms with Crippen LogP contribution < -0.4 is 4.72 Å². The van der Waals surface area contributed by atoms with Gasteiger partial charge in [0.1, 0.15) is 10.3 Å². The van der Waals surface area contributed by atoms with Crippen molar-refractivity contribution in [2.75, 3.05) is 0 Å². The van der Waals surface area contributed by atoms with Gasteiger partial charge in [0.05, 0.1) is 0 Å². The highest BCUT2D eigenvalue weighted by Crippen LogP contribution is 2.22. The van der Waals surface area contributed by atoms with Crippen LogP contribution >= 0.6 is 11.3 Å². The molecule has 0 aliphatic carbocycles. The number of hydrogen-bond acceptors (Lipinski definition) is 6. The van der Waals surface area contributed by atoms with Gasteiger partial charge in [-0.3, -0.25) is 0 Å². The molecule has 3 rings (SSSR count). The van der Waals surface area contributed by atoms with Crippen molar-refractivity contribution in [1.29, 1.82) is 0 Å². The molecule has 0 fully saturated rings. The fourth-order valence-corrected chi connectivity index (χ4v) is 4.34. The molecule has 1 aromatic carbocycles. The van der Waals surface area contributed by atoms with E-state index in [0.29, 0.717) is 12.3 Å².